The van der Waals surface area contributed by atoms with Gasteiger partial charge in [-0.3, -0.25) is 4.79 Å². The molecule has 116 valence electrons. The van der Waals surface area contributed by atoms with Gasteiger partial charge in [-0.05, 0) is 0 Å². The third kappa shape index (κ3) is 16.6. The third-order valence-corrected chi connectivity index (χ3v) is 1.98. The maximum Gasteiger partial charge on any atom is 0.305 e. The van der Waals surface area contributed by atoms with Crippen molar-refractivity contribution in [2.75, 3.05) is 59.4 Å². The van der Waals surface area contributed by atoms with Crippen LogP contribution in [0.1, 0.15) is 6.42 Å². The van der Waals surface area contributed by atoms with E-state index in [0.29, 0.717) is 52.8 Å². The van der Waals surface area contributed by atoms with Gasteiger partial charge in [-0.1, -0.05) is 0 Å². The average molecular weight is 292 g/mol. The minimum atomic E-state index is -0.871. The number of aliphatic carboxylic acids is 1. The van der Waals surface area contributed by atoms with Crippen molar-refractivity contribution in [3.05, 3.63) is 0 Å². The molecule has 0 unspecified atom stereocenters. The summed E-state index contributed by atoms with van der Waals surface area (Å²) >= 11 is 0. The zero-order valence-electron chi connectivity index (χ0n) is 11.5. The van der Waals surface area contributed by atoms with Crippen LogP contribution in [-0.4, -0.2) is 70.5 Å². The predicted molar refractivity (Wildman–Crippen MR) is 67.7 cm³/mol. The maximum atomic E-state index is 10.2. The van der Waals surface area contributed by atoms with Gasteiger partial charge < -0.3 is 24.1 Å². The molecular weight excluding hydrogens is 270 g/mol. The Kier molecular flexibility index (Phi) is 14.6. The topological polar surface area (TPSA) is 125 Å². The van der Waals surface area contributed by atoms with E-state index in [2.05, 4.69) is 10.0 Å². The molecule has 20 heavy (non-hydrogen) atoms. The maximum absolute atomic E-state index is 10.2. The van der Waals surface area contributed by atoms with Gasteiger partial charge in [0.1, 0.15) is 17.2 Å². The number of hydrogen-bond donors (Lipinski definition) is 2. The highest BCUT2D eigenvalue weighted by Gasteiger charge is 1.96. The molecule has 0 aliphatic rings. The van der Waals surface area contributed by atoms with Crippen LogP contribution in [0, 0.1) is 5.53 Å². The number of hydrogen-bond acceptors (Lipinski definition) is 7. The highest BCUT2D eigenvalue weighted by Crippen LogP contribution is 1.85. The second-order valence-electron chi connectivity index (χ2n) is 3.56. The standard InChI is InChI=1S/C11H21N3O6/c12-14-13-2-4-18-6-8-20-10-9-19-7-5-17-3-1-11(15)16/h12H,1-10H2/p+1. The van der Waals surface area contributed by atoms with E-state index in [-0.39, 0.29) is 13.0 Å². The quantitative estimate of drug-likeness (QED) is 0.250. The first-order valence-corrected chi connectivity index (χ1v) is 6.33. The summed E-state index contributed by atoms with van der Waals surface area (Å²) in [7, 11) is 0. The van der Waals surface area contributed by atoms with Gasteiger partial charge in [-0.2, -0.15) is 0 Å². The van der Waals surface area contributed by atoms with E-state index in [1.165, 1.54) is 0 Å². The predicted octanol–water partition coefficient (Wildman–Crippen LogP) is 0.0779. The summed E-state index contributed by atoms with van der Waals surface area (Å²) in [5.74, 6) is -0.871. The van der Waals surface area contributed by atoms with E-state index in [4.69, 9.17) is 29.6 Å². The number of nitrogens with one attached hydrogen (secondary N) is 1. The molecule has 0 bridgehead atoms. The first kappa shape index (κ1) is 18.6. The van der Waals surface area contributed by atoms with Crippen molar-refractivity contribution < 1.29 is 28.8 Å². The third-order valence-electron chi connectivity index (χ3n) is 1.98. The fraction of sp³-hybridized carbons (Fsp3) is 0.909. The summed E-state index contributed by atoms with van der Waals surface area (Å²) < 4.78 is 20.6. The van der Waals surface area contributed by atoms with Crippen LogP contribution in [0.25, 0.3) is 0 Å². The second kappa shape index (κ2) is 15.7. The molecule has 0 fully saturated rings. The van der Waals surface area contributed by atoms with Crippen LogP contribution in [0.2, 0.25) is 0 Å². The van der Waals surface area contributed by atoms with Crippen molar-refractivity contribution in [1.29, 1.82) is 5.53 Å². The normalized spacial score (nSPS) is 10.2. The number of ether oxygens (including phenoxy) is 4. The highest BCUT2D eigenvalue weighted by atomic mass is 16.6. The lowest BCUT2D eigenvalue weighted by atomic mass is 10.5. The largest absolute Gasteiger partial charge is 0.481 e. The number of carbonyl (C=O) groups is 1. The smallest absolute Gasteiger partial charge is 0.305 e. The van der Waals surface area contributed by atoms with Crippen LogP contribution in [0.4, 0.5) is 0 Å². The Morgan fingerprint density at radius 1 is 0.900 bits per heavy atom. The molecule has 0 atom stereocenters. The molecule has 0 saturated heterocycles. The molecule has 0 saturated carbocycles. The van der Waals surface area contributed by atoms with Gasteiger partial charge in [0.2, 0.25) is 4.91 Å². The van der Waals surface area contributed by atoms with Gasteiger partial charge in [0, 0.05) is 0 Å². The van der Waals surface area contributed by atoms with Gasteiger partial charge in [0.25, 0.3) is 0 Å². The van der Waals surface area contributed by atoms with E-state index in [1.54, 1.807) is 0 Å². The lowest BCUT2D eigenvalue weighted by molar-refractivity contribution is -0.138. The summed E-state index contributed by atoms with van der Waals surface area (Å²) in [6.07, 6.45) is 0.00623. The van der Waals surface area contributed by atoms with Crippen LogP contribution in [0.5, 0.6) is 0 Å². The van der Waals surface area contributed by atoms with Crippen molar-refractivity contribution in [3.8, 4) is 0 Å². The Hall–Kier alpha value is -1.38. The zero-order valence-corrected chi connectivity index (χ0v) is 11.5. The van der Waals surface area contributed by atoms with E-state index >= 15 is 0 Å². The van der Waals surface area contributed by atoms with E-state index in [1.807, 2.05) is 0 Å². The minimum absolute atomic E-state index is 0.00623. The number of rotatable bonds is 15. The molecule has 0 spiro atoms. The molecule has 9 heteroatoms. The lowest BCUT2D eigenvalue weighted by Crippen LogP contribution is -2.13. The molecule has 0 aromatic rings. The minimum Gasteiger partial charge on any atom is -0.481 e. The Labute approximate surface area is 117 Å². The van der Waals surface area contributed by atoms with Crippen LogP contribution < -0.4 is 4.91 Å². The Morgan fingerprint density at radius 3 is 1.80 bits per heavy atom. The molecule has 0 aliphatic carbocycles. The van der Waals surface area contributed by atoms with Crippen molar-refractivity contribution >= 4 is 5.97 Å². The van der Waals surface area contributed by atoms with E-state index in [0.717, 1.165) is 0 Å². The molecule has 0 radical (unpaired) electrons. The summed E-state index contributed by atoms with van der Waals surface area (Å²) in [6.45, 7) is 3.65. The number of nitrogens with zero attached hydrogens (tertiary/aromatic N) is 2. The number of carboxylic acids is 1. The van der Waals surface area contributed by atoms with Gasteiger partial charge >= 0.3 is 5.97 Å². The molecule has 0 aromatic heterocycles. The van der Waals surface area contributed by atoms with Gasteiger partial charge in [-0.15, -0.1) is 0 Å². The Bertz CT molecular complexity index is 269. The Balaban J connectivity index is 2.99. The van der Waals surface area contributed by atoms with Crippen molar-refractivity contribution in [3.63, 3.8) is 0 Å². The molecule has 0 amide bonds. The summed E-state index contributed by atoms with van der Waals surface area (Å²) in [5, 5.41) is 11.8. The molecular formula is C11H22N3O6+. The first-order valence-electron chi connectivity index (χ1n) is 6.33. The molecule has 0 heterocycles. The fourth-order valence-corrected chi connectivity index (χ4v) is 1.08. The van der Waals surface area contributed by atoms with Gasteiger partial charge in [-0.25, -0.2) is 0 Å². The van der Waals surface area contributed by atoms with Crippen molar-refractivity contribution in [2.24, 2.45) is 5.11 Å². The average Bonchev–Trinajstić information content (AvgIpc) is 2.43. The fourth-order valence-electron chi connectivity index (χ4n) is 1.08. The SMILES string of the molecule is N=[N+]=NCCOCCOCCOCCOCCC(=O)O. The number of carboxylic acid groups (broad SMARTS) is 1. The molecule has 9 nitrogen and oxygen atoms in total. The van der Waals surface area contributed by atoms with Crippen LogP contribution in [-0.2, 0) is 23.7 Å². The van der Waals surface area contributed by atoms with E-state index < -0.39 is 5.97 Å². The summed E-state index contributed by atoms with van der Waals surface area (Å²) in [4.78, 5) is 13.0. The lowest BCUT2D eigenvalue weighted by Gasteiger charge is -2.06. The van der Waals surface area contributed by atoms with E-state index in [9.17, 15) is 4.79 Å². The molecule has 2 N–H and O–H groups in total. The van der Waals surface area contributed by atoms with Crippen LogP contribution in [0.15, 0.2) is 5.11 Å². The first-order chi connectivity index (χ1) is 9.77. The molecule has 0 rings (SSSR count). The van der Waals surface area contributed by atoms with Crippen molar-refractivity contribution in [1.82, 2.24) is 4.91 Å². The molecule has 0 aromatic carbocycles. The van der Waals surface area contributed by atoms with Crippen LogP contribution in [0.3, 0.4) is 0 Å². The summed E-state index contributed by atoms with van der Waals surface area (Å²) in [6, 6.07) is 0. The van der Waals surface area contributed by atoms with Gasteiger partial charge in [0.15, 0.2) is 0 Å². The van der Waals surface area contributed by atoms with Crippen LogP contribution >= 0.6 is 0 Å². The summed E-state index contributed by atoms with van der Waals surface area (Å²) in [5.41, 5.74) is 6.41. The highest BCUT2D eigenvalue weighted by molar-refractivity contribution is 5.66. The molecule has 0 aliphatic heterocycles. The second-order valence-corrected chi connectivity index (χ2v) is 3.56. The van der Waals surface area contributed by atoms with Crippen molar-refractivity contribution in [2.45, 2.75) is 6.42 Å². The van der Waals surface area contributed by atoms with Gasteiger partial charge in [0.05, 0.1) is 59.3 Å². The zero-order chi connectivity index (χ0) is 14.9. The Morgan fingerprint density at radius 2 is 1.35 bits per heavy atom. The monoisotopic (exact) mass is 292 g/mol.